The van der Waals surface area contributed by atoms with Crippen LogP contribution >= 0.6 is 0 Å². The minimum absolute atomic E-state index is 0.759. The van der Waals surface area contributed by atoms with Crippen LogP contribution in [-0.2, 0) is 0 Å². The fourth-order valence-electron chi connectivity index (χ4n) is 1.65. The number of fused-ring (bicyclic) bond motifs is 1. The summed E-state index contributed by atoms with van der Waals surface area (Å²) in [7, 11) is 0. The molecule has 0 radical (unpaired) electrons. The smallest absolute Gasteiger partial charge is 0.177 e. The lowest BCUT2D eigenvalue weighted by Crippen LogP contribution is -2.33. The molecule has 0 aliphatic carbocycles. The summed E-state index contributed by atoms with van der Waals surface area (Å²) in [5.74, 6) is 0. The molecule has 2 aromatic heterocycles. The van der Waals surface area contributed by atoms with E-state index < -0.39 is 0 Å². The van der Waals surface area contributed by atoms with E-state index in [1.165, 1.54) is 0 Å². The van der Waals surface area contributed by atoms with E-state index in [0.29, 0.717) is 0 Å². The number of nitrogen functional groups attached to an aromatic ring is 1. The highest BCUT2D eigenvalue weighted by Crippen LogP contribution is 2.14. The van der Waals surface area contributed by atoms with Gasteiger partial charge in [0.1, 0.15) is 6.33 Å². The first kappa shape index (κ1) is 8.93. The Bertz CT molecular complexity index is 423. The Morgan fingerprint density at radius 1 is 1.43 bits per heavy atom. The van der Waals surface area contributed by atoms with Crippen LogP contribution in [-0.4, -0.2) is 27.4 Å². The lowest BCUT2D eigenvalue weighted by molar-refractivity contribution is 0.635. The summed E-state index contributed by atoms with van der Waals surface area (Å²) >= 11 is 0. The Morgan fingerprint density at radius 2 is 2.14 bits per heavy atom. The monoisotopic (exact) mass is 193 g/mol. The van der Waals surface area contributed by atoms with E-state index >= 15 is 0 Å². The van der Waals surface area contributed by atoms with Crippen molar-refractivity contribution >= 4 is 11.3 Å². The molecule has 2 N–H and O–H groups in total. The van der Waals surface area contributed by atoms with Crippen LogP contribution in [0.1, 0.15) is 13.8 Å². The van der Waals surface area contributed by atoms with Gasteiger partial charge < -0.3 is 10.7 Å². The fraction of sp³-hybridized carbons (Fsp3) is 0.444. The van der Waals surface area contributed by atoms with Gasteiger partial charge in [-0.1, -0.05) is 0 Å². The Morgan fingerprint density at radius 3 is 2.79 bits per heavy atom. The van der Waals surface area contributed by atoms with Crippen LogP contribution in [0, 0.1) is 0 Å². The first-order valence-electron chi connectivity index (χ1n) is 4.83. The molecule has 5 nitrogen and oxygen atoms in total. The van der Waals surface area contributed by atoms with Crippen LogP contribution in [0.5, 0.6) is 0 Å². The van der Waals surface area contributed by atoms with Gasteiger partial charge in [0.15, 0.2) is 5.65 Å². The van der Waals surface area contributed by atoms with Gasteiger partial charge in [0.2, 0.25) is 0 Å². The molecule has 0 aliphatic heterocycles. The maximum absolute atomic E-state index is 5.86. The van der Waals surface area contributed by atoms with Crippen LogP contribution in [0.4, 0.5) is 5.69 Å². The standard InChI is InChI=1S/C9H15N5/c1-3-12(4-2)14-7-11-13-6-5-8(10)9(13)14/h5-7H,3-4,10H2,1-2H3. The lowest BCUT2D eigenvalue weighted by atomic mass is 10.5. The summed E-state index contributed by atoms with van der Waals surface area (Å²) in [4.78, 5) is 0. The average Bonchev–Trinajstić information content (AvgIpc) is 2.74. The third-order valence-electron chi connectivity index (χ3n) is 2.41. The fourth-order valence-corrected chi connectivity index (χ4v) is 1.65. The van der Waals surface area contributed by atoms with Gasteiger partial charge in [-0.3, -0.25) is 0 Å². The maximum Gasteiger partial charge on any atom is 0.177 e. The summed E-state index contributed by atoms with van der Waals surface area (Å²) in [5, 5.41) is 6.38. The molecule has 0 amide bonds. The van der Waals surface area contributed by atoms with Gasteiger partial charge in [0.05, 0.1) is 5.69 Å². The van der Waals surface area contributed by atoms with E-state index in [1.807, 2.05) is 16.9 Å². The van der Waals surface area contributed by atoms with Crippen LogP contribution in [0.15, 0.2) is 18.6 Å². The summed E-state index contributed by atoms with van der Waals surface area (Å²) in [6, 6.07) is 1.86. The second-order valence-corrected chi connectivity index (χ2v) is 3.15. The minimum atomic E-state index is 0.759. The predicted octanol–water partition coefficient (Wildman–Crippen LogP) is 0.696. The number of nitrogens with zero attached hydrogens (tertiary/aromatic N) is 4. The molecule has 2 aromatic rings. The molecule has 0 atom stereocenters. The largest absolute Gasteiger partial charge is 0.396 e. The van der Waals surface area contributed by atoms with Crippen molar-refractivity contribution in [1.29, 1.82) is 0 Å². The topological polar surface area (TPSA) is 51.5 Å². The minimum Gasteiger partial charge on any atom is -0.396 e. The van der Waals surface area contributed by atoms with Crippen molar-refractivity contribution in [2.45, 2.75) is 13.8 Å². The van der Waals surface area contributed by atoms with E-state index in [1.54, 1.807) is 10.8 Å². The predicted molar refractivity (Wildman–Crippen MR) is 56.9 cm³/mol. The first-order valence-corrected chi connectivity index (χ1v) is 4.83. The highest BCUT2D eigenvalue weighted by atomic mass is 15.6. The SMILES string of the molecule is CCN(CC)n1cnn2ccc(N)c12. The number of rotatable bonds is 3. The molecule has 2 heterocycles. The van der Waals surface area contributed by atoms with Crippen LogP contribution in [0.2, 0.25) is 0 Å². The number of anilines is 1. The molecular weight excluding hydrogens is 178 g/mol. The normalized spacial score (nSPS) is 11.0. The molecular formula is C9H15N5. The average molecular weight is 193 g/mol. The van der Waals surface area contributed by atoms with Crippen molar-refractivity contribution in [3.8, 4) is 0 Å². The van der Waals surface area contributed by atoms with Crippen molar-refractivity contribution < 1.29 is 0 Å². The zero-order valence-corrected chi connectivity index (χ0v) is 8.51. The molecule has 0 saturated carbocycles. The molecule has 0 aromatic carbocycles. The van der Waals surface area contributed by atoms with Crippen molar-refractivity contribution in [1.82, 2.24) is 14.3 Å². The third kappa shape index (κ3) is 1.13. The van der Waals surface area contributed by atoms with Gasteiger partial charge in [-0.05, 0) is 19.9 Å². The highest BCUT2D eigenvalue weighted by Gasteiger charge is 2.09. The Kier molecular flexibility index (Phi) is 2.07. The van der Waals surface area contributed by atoms with Gasteiger partial charge >= 0.3 is 0 Å². The summed E-state index contributed by atoms with van der Waals surface area (Å²) in [6.45, 7) is 6.10. The Balaban J connectivity index is 2.55. The van der Waals surface area contributed by atoms with Crippen LogP contribution in [0.3, 0.4) is 0 Å². The zero-order chi connectivity index (χ0) is 10.1. The molecule has 14 heavy (non-hydrogen) atoms. The summed E-state index contributed by atoms with van der Waals surface area (Å²) < 4.78 is 3.78. The van der Waals surface area contributed by atoms with Gasteiger partial charge in [-0.25, -0.2) is 9.19 Å². The van der Waals surface area contributed by atoms with E-state index in [0.717, 1.165) is 24.4 Å². The summed E-state index contributed by atoms with van der Waals surface area (Å²) in [6.07, 6.45) is 3.66. The van der Waals surface area contributed by atoms with Gasteiger partial charge in [-0.15, -0.1) is 0 Å². The molecule has 0 fully saturated rings. The lowest BCUT2D eigenvalue weighted by Gasteiger charge is -2.21. The van der Waals surface area contributed by atoms with Crippen molar-refractivity contribution in [2.75, 3.05) is 23.8 Å². The molecule has 2 rings (SSSR count). The molecule has 5 heteroatoms. The number of hydrogen-bond acceptors (Lipinski definition) is 3. The molecule has 76 valence electrons. The second-order valence-electron chi connectivity index (χ2n) is 3.15. The van der Waals surface area contributed by atoms with E-state index in [2.05, 4.69) is 24.0 Å². The van der Waals surface area contributed by atoms with Crippen LogP contribution < -0.4 is 10.7 Å². The van der Waals surface area contributed by atoms with Crippen molar-refractivity contribution in [2.24, 2.45) is 0 Å². The quantitative estimate of drug-likeness (QED) is 0.780. The van der Waals surface area contributed by atoms with Gasteiger partial charge in [-0.2, -0.15) is 5.10 Å². The molecule has 0 spiro atoms. The number of nitrogens with two attached hydrogens (primary N) is 1. The van der Waals surface area contributed by atoms with Gasteiger partial charge in [0.25, 0.3) is 0 Å². The van der Waals surface area contributed by atoms with Crippen LogP contribution in [0.25, 0.3) is 5.65 Å². The zero-order valence-electron chi connectivity index (χ0n) is 8.51. The van der Waals surface area contributed by atoms with Crippen molar-refractivity contribution in [3.05, 3.63) is 18.6 Å². The third-order valence-corrected chi connectivity index (χ3v) is 2.41. The second kappa shape index (κ2) is 3.25. The Labute approximate surface area is 82.7 Å². The van der Waals surface area contributed by atoms with E-state index in [4.69, 9.17) is 5.73 Å². The van der Waals surface area contributed by atoms with E-state index in [-0.39, 0.29) is 0 Å². The molecule has 0 unspecified atom stereocenters. The van der Waals surface area contributed by atoms with Crippen molar-refractivity contribution in [3.63, 3.8) is 0 Å². The van der Waals surface area contributed by atoms with Gasteiger partial charge in [0, 0.05) is 19.3 Å². The number of hydrogen-bond donors (Lipinski definition) is 1. The molecule has 0 aliphatic rings. The molecule has 0 saturated heterocycles. The highest BCUT2D eigenvalue weighted by molar-refractivity contribution is 5.65. The van der Waals surface area contributed by atoms with E-state index in [9.17, 15) is 0 Å². The summed E-state index contributed by atoms with van der Waals surface area (Å²) in [5.41, 5.74) is 7.56. The molecule has 0 bridgehead atoms. The number of aromatic nitrogens is 3. The maximum atomic E-state index is 5.86. The first-order chi connectivity index (χ1) is 6.77. The Hall–Kier alpha value is -1.65.